The fourth-order valence-electron chi connectivity index (χ4n) is 3.70. The summed E-state index contributed by atoms with van der Waals surface area (Å²) in [6.07, 6.45) is -3.41. The highest BCUT2D eigenvalue weighted by molar-refractivity contribution is 6.32. The van der Waals surface area contributed by atoms with Crippen molar-refractivity contribution in [3.8, 4) is 11.5 Å². The lowest BCUT2D eigenvalue weighted by Gasteiger charge is -2.34. The van der Waals surface area contributed by atoms with E-state index in [0.29, 0.717) is 22.2 Å². The number of aliphatic carboxylic acids is 2. The van der Waals surface area contributed by atoms with Crippen LogP contribution in [-0.2, 0) is 16.1 Å². The summed E-state index contributed by atoms with van der Waals surface area (Å²) in [5.74, 6) is -4.12. The Morgan fingerprint density at radius 3 is 2.10 bits per heavy atom. The van der Waals surface area contributed by atoms with E-state index in [0.717, 1.165) is 23.3 Å². The van der Waals surface area contributed by atoms with Gasteiger partial charge in [0.05, 0.1) is 22.4 Å². The molecule has 226 valence electrons. The molecule has 1 aliphatic rings. The highest BCUT2D eigenvalue weighted by Crippen LogP contribution is 2.35. The monoisotopic (exact) mass is 611 g/mol. The van der Waals surface area contributed by atoms with E-state index >= 15 is 0 Å². The second-order valence-corrected chi connectivity index (χ2v) is 10.3. The minimum absolute atomic E-state index is 0.499. The molecule has 0 saturated heterocycles. The summed E-state index contributed by atoms with van der Waals surface area (Å²) in [5.41, 5.74) is 3.54. The summed E-state index contributed by atoms with van der Waals surface area (Å²) in [6, 6.07) is 12.4. The Balaban J connectivity index is 0.000000349. The van der Waals surface area contributed by atoms with E-state index < -0.39 is 24.3 Å². The van der Waals surface area contributed by atoms with Crippen LogP contribution in [0.2, 0.25) is 5.02 Å². The predicted octanol–water partition coefficient (Wildman–Crippen LogP) is 7.33. The summed E-state index contributed by atoms with van der Waals surface area (Å²) in [7, 11) is 0. The Bertz CT molecular complexity index is 1290. The fraction of sp³-hybridized carbons (Fsp3) is 0.423. The summed E-state index contributed by atoms with van der Waals surface area (Å²) in [5, 5.41) is 18.6. The van der Waals surface area contributed by atoms with Crippen molar-refractivity contribution >= 4 is 34.6 Å². The zero-order valence-electron chi connectivity index (χ0n) is 21.9. The maximum absolute atomic E-state index is 10.6. The first-order chi connectivity index (χ1) is 18.9. The number of alkyl halides is 6. The van der Waals surface area contributed by atoms with Gasteiger partial charge in [0, 0.05) is 18.7 Å². The molecule has 0 aliphatic heterocycles. The number of imidazole rings is 1. The fourth-order valence-corrected chi connectivity index (χ4v) is 3.95. The number of fused-ring (bicyclic) bond motifs is 1. The number of carboxylic acids is 2. The summed E-state index contributed by atoms with van der Waals surface area (Å²) in [4.78, 5) is 25.1. The Kier molecular flexibility index (Phi) is 11.4. The normalized spacial score (nSPS) is 15.2. The first-order valence-electron chi connectivity index (χ1n) is 12.1. The lowest BCUT2D eigenvalue weighted by molar-refractivity contribution is -0.193. The number of carboxylic acid groups (broad SMARTS) is 2. The molecule has 0 radical (unpaired) electrons. The summed E-state index contributed by atoms with van der Waals surface area (Å²) in [6.45, 7) is 5.57. The standard InChI is InChI=1S/C22H26ClN3O.2C2HF3O2/c1-22(2)9-7-16(8-10-22)24-13-15-3-6-21(18(23)11-15)27-17-4-5-19-20(12-17)26-14-25-19;2*3-2(4,5)1(6)7/h3-6,11-12,14,16,24H,7-10,13H2,1-2H3,(H,25,26);2*(H,6,7). The average molecular weight is 612 g/mol. The number of nitrogens with zero attached hydrogens (tertiary/aromatic N) is 1. The molecule has 41 heavy (non-hydrogen) atoms. The number of aromatic nitrogens is 2. The molecule has 1 aliphatic carbocycles. The van der Waals surface area contributed by atoms with Crippen LogP contribution in [-0.4, -0.2) is 50.5 Å². The molecular weight excluding hydrogens is 584 g/mol. The number of halogens is 7. The summed E-state index contributed by atoms with van der Waals surface area (Å²) < 4.78 is 69.4. The quantitative estimate of drug-likeness (QED) is 0.223. The number of hydrogen-bond acceptors (Lipinski definition) is 5. The number of H-pyrrole nitrogens is 1. The number of nitrogens with one attached hydrogen (secondary N) is 2. The zero-order chi connectivity index (χ0) is 31.0. The second-order valence-electron chi connectivity index (χ2n) is 9.87. The molecule has 1 fully saturated rings. The van der Waals surface area contributed by atoms with E-state index in [9.17, 15) is 26.3 Å². The van der Waals surface area contributed by atoms with Crippen molar-refractivity contribution in [1.82, 2.24) is 15.3 Å². The molecule has 4 rings (SSSR count). The molecular formula is C26H28ClF6N3O5. The van der Waals surface area contributed by atoms with Gasteiger partial charge in [-0.1, -0.05) is 31.5 Å². The molecule has 0 bridgehead atoms. The van der Waals surface area contributed by atoms with Crippen LogP contribution in [0.15, 0.2) is 42.7 Å². The van der Waals surface area contributed by atoms with Crippen molar-refractivity contribution in [3.05, 3.63) is 53.3 Å². The molecule has 0 amide bonds. The predicted molar refractivity (Wildman–Crippen MR) is 138 cm³/mol. The van der Waals surface area contributed by atoms with Crippen LogP contribution in [0.4, 0.5) is 26.3 Å². The van der Waals surface area contributed by atoms with Gasteiger partial charge in [-0.3, -0.25) is 0 Å². The smallest absolute Gasteiger partial charge is 0.475 e. The third kappa shape index (κ3) is 11.5. The Hall–Kier alpha value is -3.52. The highest BCUT2D eigenvalue weighted by Gasteiger charge is 2.38. The molecule has 0 unspecified atom stereocenters. The molecule has 1 heterocycles. The molecule has 1 aromatic heterocycles. The number of carbonyl (C=O) groups is 2. The molecule has 2 aromatic carbocycles. The van der Waals surface area contributed by atoms with Gasteiger partial charge in [0.2, 0.25) is 0 Å². The third-order valence-corrected chi connectivity index (χ3v) is 6.33. The molecule has 4 N–H and O–H groups in total. The zero-order valence-corrected chi connectivity index (χ0v) is 22.6. The second kappa shape index (κ2) is 13.9. The number of hydrogen-bond donors (Lipinski definition) is 4. The largest absolute Gasteiger partial charge is 0.490 e. The van der Waals surface area contributed by atoms with E-state index in [1.165, 1.54) is 31.2 Å². The highest BCUT2D eigenvalue weighted by atomic mass is 35.5. The number of rotatable bonds is 5. The van der Waals surface area contributed by atoms with Crippen LogP contribution < -0.4 is 10.1 Å². The molecule has 3 aromatic rings. The molecule has 0 atom stereocenters. The maximum Gasteiger partial charge on any atom is 0.490 e. The van der Waals surface area contributed by atoms with Crippen molar-refractivity contribution in [2.24, 2.45) is 5.41 Å². The first kappa shape index (κ1) is 33.7. The molecule has 1 saturated carbocycles. The SMILES string of the molecule is CC1(C)CCC(NCc2ccc(Oc3ccc4[nH]cnc4c3)c(Cl)c2)CC1.O=C(O)C(F)(F)F.O=C(O)C(F)(F)F. The van der Waals surface area contributed by atoms with Crippen molar-refractivity contribution < 1.29 is 50.9 Å². The van der Waals surface area contributed by atoms with Crippen molar-refractivity contribution in [2.75, 3.05) is 0 Å². The van der Waals surface area contributed by atoms with E-state index in [1.54, 1.807) is 6.33 Å². The van der Waals surface area contributed by atoms with Gasteiger partial charge in [-0.15, -0.1) is 0 Å². The number of ether oxygens (including phenoxy) is 1. The van der Waals surface area contributed by atoms with E-state index in [4.69, 9.17) is 36.1 Å². The topological polar surface area (TPSA) is 125 Å². The van der Waals surface area contributed by atoms with Gasteiger partial charge in [-0.2, -0.15) is 26.3 Å². The van der Waals surface area contributed by atoms with Crippen LogP contribution in [0, 0.1) is 5.41 Å². The van der Waals surface area contributed by atoms with Gasteiger partial charge >= 0.3 is 24.3 Å². The van der Waals surface area contributed by atoms with Crippen LogP contribution >= 0.6 is 11.6 Å². The average Bonchev–Trinajstić information content (AvgIpc) is 3.32. The Labute approximate surface area is 235 Å². The van der Waals surface area contributed by atoms with Crippen LogP contribution in [0.5, 0.6) is 11.5 Å². The number of aromatic amines is 1. The first-order valence-corrected chi connectivity index (χ1v) is 12.5. The molecule has 8 nitrogen and oxygen atoms in total. The van der Waals surface area contributed by atoms with Gasteiger partial charge in [-0.25, -0.2) is 14.6 Å². The van der Waals surface area contributed by atoms with Crippen molar-refractivity contribution in [3.63, 3.8) is 0 Å². The maximum atomic E-state index is 10.6. The van der Waals surface area contributed by atoms with E-state index in [-0.39, 0.29) is 0 Å². The van der Waals surface area contributed by atoms with Gasteiger partial charge in [0.25, 0.3) is 0 Å². The summed E-state index contributed by atoms with van der Waals surface area (Å²) >= 11 is 6.46. The van der Waals surface area contributed by atoms with E-state index in [2.05, 4.69) is 35.2 Å². The minimum Gasteiger partial charge on any atom is -0.475 e. The lowest BCUT2D eigenvalue weighted by atomic mass is 9.75. The van der Waals surface area contributed by atoms with Crippen LogP contribution in [0.25, 0.3) is 11.0 Å². The van der Waals surface area contributed by atoms with Gasteiger partial charge in [-0.05, 0) is 60.9 Å². The van der Waals surface area contributed by atoms with Crippen molar-refractivity contribution in [1.29, 1.82) is 0 Å². The Morgan fingerprint density at radius 2 is 1.59 bits per heavy atom. The molecule has 0 spiro atoms. The third-order valence-electron chi connectivity index (χ3n) is 6.04. The van der Waals surface area contributed by atoms with Crippen molar-refractivity contribution in [2.45, 2.75) is 64.5 Å². The van der Waals surface area contributed by atoms with Gasteiger partial charge < -0.3 is 25.3 Å². The van der Waals surface area contributed by atoms with E-state index in [1.807, 2.05) is 30.3 Å². The van der Waals surface area contributed by atoms with Crippen LogP contribution in [0.1, 0.15) is 45.1 Å². The Morgan fingerprint density at radius 1 is 1.02 bits per heavy atom. The lowest BCUT2D eigenvalue weighted by Crippen LogP contribution is -2.35. The van der Waals surface area contributed by atoms with Gasteiger partial charge in [0.15, 0.2) is 0 Å². The van der Waals surface area contributed by atoms with Gasteiger partial charge in [0.1, 0.15) is 11.5 Å². The molecule has 15 heteroatoms. The van der Waals surface area contributed by atoms with Crippen LogP contribution in [0.3, 0.4) is 0 Å². The number of benzene rings is 2. The minimum atomic E-state index is -5.08.